The molecule has 0 saturated carbocycles. The van der Waals surface area contributed by atoms with Gasteiger partial charge in [0.1, 0.15) is 12.1 Å². The molecule has 2 aromatic rings. The number of likely N-dealkylation sites (tertiary alicyclic amines) is 1. The first kappa shape index (κ1) is 19.7. The zero-order valence-corrected chi connectivity index (χ0v) is 17.1. The van der Waals surface area contributed by atoms with E-state index in [0.29, 0.717) is 5.75 Å². The van der Waals surface area contributed by atoms with Crippen LogP contribution in [0.3, 0.4) is 0 Å². The van der Waals surface area contributed by atoms with E-state index in [-0.39, 0.29) is 18.0 Å². The largest absolute Gasteiger partial charge is 0.497 e. The average molecular weight is 389 g/mol. The molecule has 1 aliphatic rings. The smallest absolute Gasteiger partial charge is 0.233 e. The molecule has 2 heterocycles. The Morgan fingerprint density at radius 2 is 2.04 bits per heavy atom. The van der Waals surface area contributed by atoms with Gasteiger partial charge in [-0.1, -0.05) is 36.7 Å². The highest BCUT2D eigenvalue weighted by Gasteiger charge is 2.27. The van der Waals surface area contributed by atoms with Crippen LogP contribution >= 0.6 is 11.8 Å². The Balaban J connectivity index is 1.72. The molecule has 0 bridgehead atoms. The Morgan fingerprint density at radius 1 is 1.26 bits per heavy atom. The van der Waals surface area contributed by atoms with E-state index >= 15 is 0 Å². The number of hydrogen-bond acceptors (Lipinski definition) is 5. The zero-order valence-electron chi connectivity index (χ0n) is 16.3. The molecule has 3 rings (SSSR count). The maximum Gasteiger partial charge on any atom is 0.233 e. The summed E-state index contributed by atoms with van der Waals surface area (Å²) in [5, 5.41) is 8.94. The highest BCUT2D eigenvalue weighted by atomic mass is 32.2. The Kier molecular flexibility index (Phi) is 6.77. The molecule has 7 heteroatoms. The van der Waals surface area contributed by atoms with Crippen molar-refractivity contribution in [1.82, 2.24) is 19.7 Å². The van der Waals surface area contributed by atoms with Crippen molar-refractivity contribution in [2.75, 3.05) is 19.4 Å². The fourth-order valence-electron chi connectivity index (χ4n) is 3.48. The topological polar surface area (TPSA) is 60.2 Å². The van der Waals surface area contributed by atoms with E-state index < -0.39 is 0 Å². The van der Waals surface area contributed by atoms with Crippen LogP contribution in [0.25, 0.3) is 0 Å². The molecular weight excluding hydrogens is 360 g/mol. The third-order valence-corrected chi connectivity index (χ3v) is 5.94. The van der Waals surface area contributed by atoms with Gasteiger partial charge in [-0.2, -0.15) is 0 Å². The predicted molar refractivity (Wildman–Crippen MR) is 107 cm³/mol. The van der Waals surface area contributed by atoms with E-state index in [1.165, 1.54) is 23.7 Å². The summed E-state index contributed by atoms with van der Waals surface area (Å²) >= 11 is 1.47. The summed E-state index contributed by atoms with van der Waals surface area (Å²) in [6.07, 6.45) is 6.11. The summed E-state index contributed by atoms with van der Waals surface area (Å²) in [6.45, 7) is 4.99. The van der Waals surface area contributed by atoms with Gasteiger partial charge in [-0.05, 0) is 44.4 Å². The number of aromatic nitrogens is 3. The van der Waals surface area contributed by atoms with Crippen molar-refractivity contribution in [2.24, 2.45) is 0 Å². The lowest BCUT2D eigenvalue weighted by atomic mass is 10.0. The molecule has 1 amide bonds. The molecule has 1 fully saturated rings. The van der Waals surface area contributed by atoms with Gasteiger partial charge in [0.25, 0.3) is 0 Å². The van der Waals surface area contributed by atoms with Crippen LogP contribution in [-0.4, -0.2) is 45.0 Å². The lowest BCUT2D eigenvalue weighted by Crippen LogP contribution is -2.36. The predicted octanol–water partition coefficient (Wildman–Crippen LogP) is 4.10. The minimum absolute atomic E-state index is 0.134. The monoisotopic (exact) mass is 388 g/mol. The fourth-order valence-corrected chi connectivity index (χ4v) is 4.41. The van der Waals surface area contributed by atoms with E-state index in [1.807, 2.05) is 16.7 Å². The molecule has 6 nitrogen and oxygen atoms in total. The van der Waals surface area contributed by atoms with Gasteiger partial charge < -0.3 is 14.2 Å². The summed E-state index contributed by atoms with van der Waals surface area (Å²) in [4.78, 5) is 15.1. The second kappa shape index (κ2) is 9.26. The molecule has 1 atom stereocenters. The zero-order chi connectivity index (χ0) is 19.2. The lowest BCUT2D eigenvalue weighted by molar-refractivity contribution is -0.130. The molecule has 27 heavy (non-hydrogen) atoms. The maximum atomic E-state index is 13.1. The standard InChI is InChI=1S/C20H28N4O2S/c1-15(2)24-14-21-22-20(24)27-13-19(25)23-12-6-4-5-7-18(23)16-8-10-17(26-3)11-9-16/h8-11,14-15,18H,4-7,12-13H2,1-3H3. The first-order valence-electron chi connectivity index (χ1n) is 9.56. The molecule has 1 unspecified atom stereocenters. The van der Waals surface area contributed by atoms with Crippen molar-refractivity contribution in [3.05, 3.63) is 36.2 Å². The van der Waals surface area contributed by atoms with Gasteiger partial charge in [-0.15, -0.1) is 10.2 Å². The SMILES string of the molecule is COc1ccc(C2CCCCCN2C(=O)CSc2nncn2C(C)C)cc1. The highest BCUT2D eigenvalue weighted by Crippen LogP contribution is 2.32. The van der Waals surface area contributed by atoms with Crippen molar-refractivity contribution in [1.29, 1.82) is 0 Å². The van der Waals surface area contributed by atoms with Crippen molar-refractivity contribution in [3.8, 4) is 5.75 Å². The Morgan fingerprint density at radius 3 is 2.74 bits per heavy atom. The molecule has 1 saturated heterocycles. The lowest BCUT2D eigenvalue weighted by Gasteiger charge is -2.30. The number of benzene rings is 1. The van der Waals surface area contributed by atoms with Crippen molar-refractivity contribution >= 4 is 17.7 Å². The van der Waals surface area contributed by atoms with Crippen molar-refractivity contribution in [3.63, 3.8) is 0 Å². The van der Waals surface area contributed by atoms with Crippen LogP contribution < -0.4 is 4.74 Å². The number of thioether (sulfide) groups is 1. The minimum atomic E-state index is 0.134. The van der Waals surface area contributed by atoms with E-state index in [0.717, 1.165) is 36.7 Å². The fraction of sp³-hybridized carbons (Fsp3) is 0.550. The third-order valence-electron chi connectivity index (χ3n) is 5.00. The van der Waals surface area contributed by atoms with Gasteiger partial charge in [0, 0.05) is 12.6 Å². The van der Waals surface area contributed by atoms with Crippen LogP contribution in [0.2, 0.25) is 0 Å². The third kappa shape index (κ3) is 4.83. The summed E-state index contributed by atoms with van der Waals surface area (Å²) in [6, 6.07) is 8.53. The van der Waals surface area contributed by atoms with Gasteiger partial charge in [0.15, 0.2) is 5.16 Å². The molecule has 0 N–H and O–H groups in total. The number of hydrogen-bond donors (Lipinski definition) is 0. The van der Waals surface area contributed by atoms with Crippen LogP contribution in [-0.2, 0) is 4.79 Å². The van der Waals surface area contributed by atoms with Crippen LogP contribution in [0.4, 0.5) is 0 Å². The van der Waals surface area contributed by atoms with Gasteiger partial charge in [-0.3, -0.25) is 4.79 Å². The average Bonchev–Trinajstić information content (AvgIpc) is 3.02. The summed E-state index contributed by atoms with van der Waals surface area (Å²) < 4.78 is 7.27. The molecule has 1 aromatic heterocycles. The maximum absolute atomic E-state index is 13.1. The van der Waals surface area contributed by atoms with Crippen molar-refractivity contribution in [2.45, 2.75) is 56.8 Å². The first-order valence-corrected chi connectivity index (χ1v) is 10.5. The van der Waals surface area contributed by atoms with Gasteiger partial charge in [0.05, 0.1) is 18.9 Å². The van der Waals surface area contributed by atoms with E-state index in [9.17, 15) is 4.79 Å². The highest BCUT2D eigenvalue weighted by molar-refractivity contribution is 7.99. The number of carbonyl (C=O) groups excluding carboxylic acids is 1. The second-order valence-electron chi connectivity index (χ2n) is 7.13. The first-order chi connectivity index (χ1) is 13.1. The van der Waals surface area contributed by atoms with Gasteiger partial charge in [-0.25, -0.2) is 0 Å². The van der Waals surface area contributed by atoms with Crippen LogP contribution in [0.1, 0.15) is 57.2 Å². The molecule has 1 aromatic carbocycles. The molecular formula is C20H28N4O2S. The van der Waals surface area contributed by atoms with E-state index in [2.05, 4.69) is 41.1 Å². The van der Waals surface area contributed by atoms with E-state index in [1.54, 1.807) is 13.4 Å². The van der Waals surface area contributed by atoms with Crippen molar-refractivity contribution < 1.29 is 9.53 Å². The van der Waals surface area contributed by atoms with Crippen LogP contribution in [0.5, 0.6) is 5.75 Å². The van der Waals surface area contributed by atoms with Crippen LogP contribution in [0, 0.1) is 0 Å². The summed E-state index contributed by atoms with van der Waals surface area (Å²) in [7, 11) is 1.67. The Hall–Kier alpha value is -2.02. The summed E-state index contributed by atoms with van der Waals surface area (Å²) in [5.41, 5.74) is 1.18. The molecule has 0 radical (unpaired) electrons. The molecule has 0 aliphatic carbocycles. The quantitative estimate of drug-likeness (QED) is 0.697. The van der Waals surface area contributed by atoms with Gasteiger partial charge >= 0.3 is 0 Å². The van der Waals surface area contributed by atoms with Gasteiger partial charge in [0.2, 0.25) is 5.91 Å². The number of ether oxygens (including phenoxy) is 1. The summed E-state index contributed by atoms with van der Waals surface area (Å²) in [5.74, 6) is 1.40. The number of amides is 1. The number of nitrogens with zero attached hydrogens (tertiary/aromatic N) is 4. The number of methoxy groups -OCH3 is 1. The Labute approximate surface area is 165 Å². The number of rotatable bonds is 6. The molecule has 146 valence electrons. The second-order valence-corrected chi connectivity index (χ2v) is 8.07. The van der Waals surface area contributed by atoms with Crippen LogP contribution in [0.15, 0.2) is 35.7 Å². The molecule has 1 aliphatic heterocycles. The molecule has 0 spiro atoms. The number of carbonyl (C=O) groups is 1. The van der Waals surface area contributed by atoms with E-state index in [4.69, 9.17) is 4.74 Å². The normalized spacial score (nSPS) is 17.8. The Bertz CT molecular complexity index is 745. The minimum Gasteiger partial charge on any atom is -0.497 e.